The molecule has 2 heterocycles. The highest BCUT2D eigenvalue weighted by molar-refractivity contribution is 6.02. The van der Waals surface area contributed by atoms with Crippen LogP contribution in [-0.2, 0) is 9.53 Å². The molecule has 1 aliphatic rings. The summed E-state index contributed by atoms with van der Waals surface area (Å²) in [7, 11) is 0. The van der Waals surface area contributed by atoms with Crippen molar-refractivity contribution < 1.29 is 9.53 Å². The minimum atomic E-state index is -0.308. The molecule has 3 rings (SSSR count). The van der Waals surface area contributed by atoms with Gasteiger partial charge in [0.15, 0.2) is 0 Å². The molecule has 4 nitrogen and oxygen atoms in total. The minimum absolute atomic E-state index is 0.0659. The smallest absolute Gasteiger partial charge is 0.253 e. The second-order valence-corrected chi connectivity index (χ2v) is 4.37. The summed E-state index contributed by atoms with van der Waals surface area (Å²) in [6.07, 6.45) is 3.19. The molecule has 1 N–H and O–H groups in total. The summed E-state index contributed by atoms with van der Waals surface area (Å²) in [5.74, 6) is -0.0659. The van der Waals surface area contributed by atoms with Crippen molar-refractivity contribution in [2.24, 2.45) is 0 Å². The Morgan fingerprint density at radius 2 is 2.28 bits per heavy atom. The van der Waals surface area contributed by atoms with E-state index in [9.17, 15) is 4.79 Å². The highest BCUT2D eigenvalue weighted by atomic mass is 16.5. The van der Waals surface area contributed by atoms with Crippen molar-refractivity contribution in [1.82, 2.24) is 4.98 Å². The summed E-state index contributed by atoms with van der Waals surface area (Å²) in [5, 5.41) is 3.87. The molecule has 0 aliphatic carbocycles. The molecular formula is C14H14N2O2. The number of nitrogens with one attached hydrogen (secondary N) is 1. The van der Waals surface area contributed by atoms with E-state index in [1.807, 2.05) is 30.3 Å². The number of rotatable bonds is 2. The van der Waals surface area contributed by atoms with Crippen LogP contribution in [0.3, 0.4) is 0 Å². The first-order valence-electron chi connectivity index (χ1n) is 6.11. The van der Waals surface area contributed by atoms with Gasteiger partial charge >= 0.3 is 0 Å². The Kier molecular flexibility index (Phi) is 2.94. The number of hydrogen-bond acceptors (Lipinski definition) is 3. The molecule has 1 saturated heterocycles. The van der Waals surface area contributed by atoms with E-state index in [4.69, 9.17) is 4.74 Å². The van der Waals surface area contributed by atoms with Crippen LogP contribution in [0, 0.1) is 0 Å². The Labute approximate surface area is 105 Å². The standard InChI is InChI=1S/C14H14N2O2/c17-14(13-7-3-9-18-13)16-12-6-1-5-11-10(12)4-2-8-15-11/h1-2,4-6,8,13H,3,7,9H2,(H,16,17). The van der Waals surface area contributed by atoms with E-state index in [0.717, 1.165) is 29.4 Å². The maximum absolute atomic E-state index is 12.0. The third kappa shape index (κ3) is 2.07. The highest BCUT2D eigenvalue weighted by Gasteiger charge is 2.23. The number of aromatic nitrogens is 1. The molecule has 1 unspecified atom stereocenters. The molecule has 18 heavy (non-hydrogen) atoms. The summed E-state index contributed by atoms with van der Waals surface area (Å²) < 4.78 is 5.37. The first kappa shape index (κ1) is 11.2. The van der Waals surface area contributed by atoms with Gasteiger partial charge in [-0.3, -0.25) is 9.78 Å². The molecule has 0 radical (unpaired) electrons. The maximum atomic E-state index is 12.0. The largest absolute Gasteiger partial charge is 0.368 e. The topological polar surface area (TPSA) is 51.2 Å². The second kappa shape index (κ2) is 4.74. The first-order chi connectivity index (χ1) is 8.84. The van der Waals surface area contributed by atoms with Gasteiger partial charge in [-0.15, -0.1) is 0 Å². The minimum Gasteiger partial charge on any atom is -0.368 e. The molecule has 4 heteroatoms. The van der Waals surface area contributed by atoms with Gasteiger partial charge in [-0.1, -0.05) is 6.07 Å². The van der Waals surface area contributed by atoms with E-state index in [0.29, 0.717) is 6.61 Å². The highest BCUT2D eigenvalue weighted by Crippen LogP contribution is 2.22. The number of fused-ring (bicyclic) bond motifs is 1. The first-order valence-corrected chi connectivity index (χ1v) is 6.11. The average molecular weight is 242 g/mol. The summed E-state index contributed by atoms with van der Waals surface area (Å²) >= 11 is 0. The van der Waals surface area contributed by atoms with Crippen molar-refractivity contribution in [2.75, 3.05) is 11.9 Å². The normalized spacial score (nSPS) is 19.0. The van der Waals surface area contributed by atoms with Crippen molar-refractivity contribution in [3.05, 3.63) is 36.5 Å². The number of pyridine rings is 1. The van der Waals surface area contributed by atoms with Crippen LogP contribution < -0.4 is 5.32 Å². The summed E-state index contributed by atoms with van der Waals surface area (Å²) in [6.45, 7) is 0.676. The number of benzene rings is 1. The van der Waals surface area contributed by atoms with Gasteiger partial charge in [-0.2, -0.15) is 0 Å². The predicted molar refractivity (Wildman–Crippen MR) is 69.3 cm³/mol. The number of amides is 1. The van der Waals surface area contributed by atoms with Gasteiger partial charge in [-0.25, -0.2) is 0 Å². The van der Waals surface area contributed by atoms with E-state index >= 15 is 0 Å². The van der Waals surface area contributed by atoms with Crippen LogP contribution >= 0.6 is 0 Å². The maximum Gasteiger partial charge on any atom is 0.253 e. The van der Waals surface area contributed by atoms with Crippen molar-refractivity contribution in [2.45, 2.75) is 18.9 Å². The van der Waals surface area contributed by atoms with Crippen LogP contribution in [0.5, 0.6) is 0 Å². The van der Waals surface area contributed by atoms with Crippen LogP contribution in [0.15, 0.2) is 36.5 Å². The number of carbonyl (C=O) groups is 1. The Balaban J connectivity index is 1.88. The predicted octanol–water partition coefficient (Wildman–Crippen LogP) is 2.35. The Hall–Kier alpha value is -1.94. The van der Waals surface area contributed by atoms with Gasteiger partial charge in [0.1, 0.15) is 6.10 Å². The van der Waals surface area contributed by atoms with Gasteiger partial charge in [0.25, 0.3) is 5.91 Å². The fraction of sp³-hybridized carbons (Fsp3) is 0.286. The zero-order valence-corrected chi connectivity index (χ0v) is 9.93. The van der Waals surface area contributed by atoms with Crippen LogP contribution in [0.4, 0.5) is 5.69 Å². The second-order valence-electron chi connectivity index (χ2n) is 4.37. The third-order valence-corrected chi connectivity index (χ3v) is 3.13. The van der Waals surface area contributed by atoms with E-state index in [1.165, 1.54) is 0 Å². The van der Waals surface area contributed by atoms with Gasteiger partial charge in [0, 0.05) is 18.2 Å². The van der Waals surface area contributed by atoms with Gasteiger partial charge in [0.05, 0.1) is 11.2 Å². The van der Waals surface area contributed by atoms with Crippen molar-refractivity contribution in [1.29, 1.82) is 0 Å². The fourth-order valence-electron chi connectivity index (χ4n) is 2.21. The van der Waals surface area contributed by atoms with E-state index < -0.39 is 0 Å². The van der Waals surface area contributed by atoms with Gasteiger partial charge < -0.3 is 10.1 Å². The Morgan fingerprint density at radius 3 is 3.11 bits per heavy atom. The van der Waals surface area contributed by atoms with Crippen LogP contribution in [0.2, 0.25) is 0 Å². The van der Waals surface area contributed by atoms with Crippen LogP contribution in [-0.4, -0.2) is 23.6 Å². The Bertz CT molecular complexity index is 572. The lowest BCUT2D eigenvalue weighted by Gasteiger charge is -2.12. The zero-order valence-electron chi connectivity index (χ0n) is 9.93. The number of anilines is 1. The number of hydrogen-bond donors (Lipinski definition) is 1. The van der Waals surface area contributed by atoms with Gasteiger partial charge in [-0.05, 0) is 37.1 Å². The lowest BCUT2D eigenvalue weighted by atomic mass is 10.1. The van der Waals surface area contributed by atoms with Crippen LogP contribution in [0.1, 0.15) is 12.8 Å². The van der Waals surface area contributed by atoms with E-state index in [2.05, 4.69) is 10.3 Å². The molecule has 2 aromatic rings. The van der Waals surface area contributed by atoms with E-state index in [1.54, 1.807) is 6.20 Å². The molecular weight excluding hydrogens is 228 g/mol. The van der Waals surface area contributed by atoms with Crippen molar-refractivity contribution in [3.63, 3.8) is 0 Å². The monoisotopic (exact) mass is 242 g/mol. The molecule has 1 aromatic carbocycles. The summed E-state index contributed by atoms with van der Waals surface area (Å²) in [6, 6.07) is 9.52. The number of nitrogens with zero attached hydrogens (tertiary/aromatic N) is 1. The molecule has 1 amide bonds. The molecule has 1 aromatic heterocycles. The molecule has 0 bridgehead atoms. The third-order valence-electron chi connectivity index (χ3n) is 3.13. The molecule has 1 aliphatic heterocycles. The Morgan fingerprint density at radius 1 is 1.33 bits per heavy atom. The lowest BCUT2D eigenvalue weighted by molar-refractivity contribution is -0.124. The molecule has 92 valence electrons. The summed E-state index contributed by atoms with van der Waals surface area (Å²) in [5.41, 5.74) is 1.67. The molecule has 1 fully saturated rings. The summed E-state index contributed by atoms with van der Waals surface area (Å²) in [4.78, 5) is 16.3. The molecule has 1 atom stereocenters. The SMILES string of the molecule is O=C(Nc1cccc2ncccc12)C1CCCO1. The van der Waals surface area contributed by atoms with E-state index in [-0.39, 0.29) is 12.0 Å². The molecule has 0 saturated carbocycles. The number of ether oxygens (including phenoxy) is 1. The fourth-order valence-corrected chi connectivity index (χ4v) is 2.21. The average Bonchev–Trinajstić information content (AvgIpc) is 2.93. The van der Waals surface area contributed by atoms with Crippen LogP contribution in [0.25, 0.3) is 10.9 Å². The van der Waals surface area contributed by atoms with Gasteiger partial charge in [0.2, 0.25) is 0 Å². The lowest BCUT2D eigenvalue weighted by Crippen LogP contribution is -2.26. The van der Waals surface area contributed by atoms with Crippen molar-refractivity contribution in [3.8, 4) is 0 Å². The number of carbonyl (C=O) groups excluding carboxylic acids is 1. The quantitative estimate of drug-likeness (QED) is 0.879. The zero-order chi connectivity index (χ0) is 12.4. The molecule has 0 spiro atoms. The van der Waals surface area contributed by atoms with Crippen molar-refractivity contribution >= 4 is 22.5 Å².